The molecule has 4 atom stereocenters. The number of thioether (sulfide) groups is 1. The van der Waals surface area contributed by atoms with E-state index in [1.165, 1.54) is 6.92 Å². The highest BCUT2D eigenvalue weighted by atomic mass is 32.2. The standard InChI is InChI=1S/C33H38N2O7S/c1-21-29(20-43-28-16-14-27(15-17-28)35-22(2)37)41-33(42-32(21)25-10-8-24(19-36)9-11-25)26-12-6-23(7-13-26)18-34-30(38)4-3-5-31(39)40/h6-17,21,29,32-33,36H,3-5,18-20H2,1-2H3,(H,34,38)(H,35,37)(H,39,40). The molecule has 10 heteroatoms. The summed E-state index contributed by atoms with van der Waals surface area (Å²) >= 11 is 1.68. The molecule has 0 aromatic heterocycles. The van der Waals surface area contributed by atoms with Gasteiger partial charge in [-0.3, -0.25) is 14.4 Å². The maximum atomic E-state index is 12.0. The van der Waals surface area contributed by atoms with E-state index in [2.05, 4.69) is 17.6 Å². The molecule has 3 aromatic rings. The molecule has 4 N–H and O–H groups in total. The molecular weight excluding hydrogens is 568 g/mol. The number of aliphatic carboxylic acids is 1. The Labute approximate surface area is 256 Å². The fourth-order valence-electron chi connectivity index (χ4n) is 4.81. The molecule has 43 heavy (non-hydrogen) atoms. The van der Waals surface area contributed by atoms with Crippen LogP contribution in [0.4, 0.5) is 5.69 Å². The first-order valence-corrected chi connectivity index (χ1v) is 15.3. The van der Waals surface area contributed by atoms with Crippen molar-refractivity contribution in [2.24, 2.45) is 5.92 Å². The highest BCUT2D eigenvalue weighted by Crippen LogP contribution is 2.43. The topological polar surface area (TPSA) is 134 Å². The summed E-state index contributed by atoms with van der Waals surface area (Å²) in [6, 6.07) is 23.2. The normalized spacial score (nSPS) is 19.9. The molecule has 9 nitrogen and oxygen atoms in total. The van der Waals surface area contributed by atoms with Gasteiger partial charge in [0, 0.05) is 54.1 Å². The van der Waals surface area contributed by atoms with Crippen molar-refractivity contribution in [2.45, 2.75) is 69.7 Å². The number of hydrogen-bond acceptors (Lipinski definition) is 7. The molecule has 3 aromatic carbocycles. The highest BCUT2D eigenvalue weighted by molar-refractivity contribution is 7.99. The number of amides is 2. The zero-order chi connectivity index (χ0) is 30.8. The fourth-order valence-corrected chi connectivity index (χ4v) is 5.88. The Morgan fingerprint density at radius 2 is 1.51 bits per heavy atom. The van der Waals surface area contributed by atoms with Crippen LogP contribution in [0.2, 0.25) is 0 Å². The number of aliphatic hydroxyl groups excluding tert-OH is 1. The van der Waals surface area contributed by atoms with E-state index in [4.69, 9.17) is 14.6 Å². The lowest BCUT2D eigenvalue weighted by Crippen LogP contribution is -2.38. The zero-order valence-corrected chi connectivity index (χ0v) is 25.1. The molecule has 0 bridgehead atoms. The molecule has 1 aliphatic heterocycles. The third-order valence-corrected chi connectivity index (χ3v) is 8.35. The molecule has 0 spiro atoms. The van der Waals surface area contributed by atoms with E-state index in [9.17, 15) is 19.5 Å². The average Bonchev–Trinajstić information content (AvgIpc) is 3.00. The highest BCUT2D eigenvalue weighted by Gasteiger charge is 2.38. The number of rotatable bonds is 13. The summed E-state index contributed by atoms with van der Waals surface area (Å²) in [6.07, 6.45) is -0.521. The van der Waals surface area contributed by atoms with E-state index in [1.807, 2.05) is 72.8 Å². The second-order valence-corrected chi connectivity index (χ2v) is 11.7. The molecule has 0 saturated carbocycles. The van der Waals surface area contributed by atoms with E-state index < -0.39 is 12.3 Å². The van der Waals surface area contributed by atoms with Gasteiger partial charge in [0.1, 0.15) is 0 Å². The van der Waals surface area contributed by atoms with E-state index in [-0.39, 0.29) is 49.4 Å². The van der Waals surface area contributed by atoms with Gasteiger partial charge < -0.3 is 30.3 Å². The van der Waals surface area contributed by atoms with Crippen LogP contribution in [0.3, 0.4) is 0 Å². The predicted molar refractivity (Wildman–Crippen MR) is 164 cm³/mol. The summed E-state index contributed by atoms with van der Waals surface area (Å²) < 4.78 is 13.1. The van der Waals surface area contributed by atoms with Gasteiger partial charge in [0.25, 0.3) is 0 Å². The molecule has 2 amide bonds. The molecule has 1 fully saturated rings. The van der Waals surface area contributed by atoms with Gasteiger partial charge in [-0.15, -0.1) is 11.8 Å². The first-order valence-electron chi connectivity index (χ1n) is 14.3. The van der Waals surface area contributed by atoms with Crippen molar-refractivity contribution in [2.75, 3.05) is 11.1 Å². The van der Waals surface area contributed by atoms with Crippen LogP contribution in [-0.2, 0) is 37.0 Å². The number of ether oxygens (including phenoxy) is 2. The van der Waals surface area contributed by atoms with Crippen molar-refractivity contribution < 1.29 is 34.1 Å². The number of hydrogen-bond donors (Lipinski definition) is 4. The minimum atomic E-state index is -0.910. The molecule has 0 aliphatic carbocycles. The second-order valence-electron chi connectivity index (χ2n) is 10.6. The Morgan fingerprint density at radius 3 is 2.14 bits per heavy atom. The second kappa shape index (κ2) is 15.7. The Bertz CT molecular complexity index is 1360. The van der Waals surface area contributed by atoms with Crippen molar-refractivity contribution in [3.8, 4) is 0 Å². The van der Waals surface area contributed by atoms with Gasteiger partial charge in [-0.05, 0) is 47.4 Å². The van der Waals surface area contributed by atoms with Crippen molar-refractivity contribution in [1.29, 1.82) is 0 Å². The van der Waals surface area contributed by atoms with E-state index >= 15 is 0 Å². The van der Waals surface area contributed by atoms with Crippen LogP contribution < -0.4 is 10.6 Å². The lowest BCUT2D eigenvalue weighted by atomic mass is 9.91. The van der Waals surface area contributed by atoms with Gasteiger partial charge >= 0.3 is 5.97 Å². The van der Waals surface area contributed by atoms with Crippen LogP contribution in [0.15, 0.2) is 77.7 Å². The summed E-state index contributed by atoms with van der Waals surface area (Å²) in [6.45, 7) is 3.92. The predicted octanol–water partition coefficient (Wildman–Crippen LogP) is 5.59. The summed E-state index contributed by atoms with van der Waals surface area (Å²) in [5, 5.41) is 23.8. The van der Waals surface area contributed by atoms with Crippen LogP contribution in [0.1, 0.15) is 67.8 Å². The molecule has 1 heterocycles. The maximum absolute atomic E-state index is 12.0. The molecule has 1 saturated heterocycles. The number of nitrogens with one attached hydrogen (secondary N) is 2. The van der Waals surface area contributed by atoms with E-state index in [0.717, 1.165) is 32.8 Å². The summed E-state index contributed by atoms with van der Waals surface area (Å²) in [5.41, 5.74) is 4.36. The van der Waals surface area contributed by atoms with Crippen molar-refractivity contribution in [3.63, 3.8) is 0 Å². The third kappa shape index (κ3) is 9.65. The molecule has 0 radical (unpaired) electrons. The minimum absolute atomic E-state index is 0.0256. The Kier molecular flexibility index (Phi) is 11.7. The first kappa shape index (κ1) is 32.2. The number of aliphatic hydroxyl groups is 1. The number of anilines is 1. The summed E-state index contributed by atoms with van der Waals surface area (Å²) in [5.74, 6) is -0.471. The maximum Gasteiger partial charge on any atom is 0.303 e. The monoisotopic (exact) mass is 606 g/mol. The number of benzene rings is 3. The Hall–Kier alpha value is -3.70. The van der Waals surface area contributed by atoms with Gasteiger partial charge in [-0.25, -0.2) is 0 Å². The van der Waals surface area contributed by atoms with Gasteiger partial charge in [0.15, 0.2) is 6.29 Å². The SMILES string of the molecule is CC(=O)Nc1ccc(SCC2OC(c3ccc(CNC(=O)CCCC(=O)O)cc3)OC(c3ccc(CO)cc3)C2C)cc1. The van der Waals surface area contributed by atoms with Gasteiger partial charge in [0.2, 0.25) is 11.8 Å². The van der Waals surface area contributed by atoms with Crippen LogP contribution in [0.25, 0.3) is 0 Å². The summed E-state index contributed by atoms with van der Waals surface area (Å²) in [4.78, 5) is 35.1. The lowest BCUT2D eigenvalue weighted by Gasteiger charge is -2.41. The molecule has 228 valence electrons. The molecule has 1 aliphatic rings. The van der Waals surface area contributed by atoms with E-state index in [0.29, 0.717) is 18.7 Å². The Balaban J connectivity index is 1.44. The van der Waals surface area contributed by atoms with Crippen LogP contribution in [-0.4, -0.2) is 39.9 Å². The fraction of sp³-hybridized carbons (Fsp3) is 0.364. The number of carbonyl (C=O) groups excluding carboxylic acids is 2. The molecule has 4 unspecified atom stereocenters. The minimum Gasteiger partial charge on any atom is -0.481 e. The van der Waals surface area contributed by atoms with E-state index in [1.54, 1.807) is 11.8 Å². The van der Waals surface area contributed by atoms with Crippen molar-refractivity contribution >= 4 is 35.2 Å². The third-order valence-electron chi connectivity index (χ3n) is 7.25. The number of carboxylic acid groups (broad SMARTS) is 1. The molecular formula is C33H38N2O7S. The molecule has 4 rings (SSSR count). The smallest absolute Gasteiger partial charge is 0.303 e. The summed E-state index contributed by atoms with van der Waals surface area (Å²) in [7, 11) is 0. The van der Waals surface area contributed by atoms with Crippen LogP contribution >= 0.6 is 11.8 Å². The van der Waals surface area contributed by atoms with Crippen LogP contribution in [0.5, 0.6) is 0 Å². The average molecular weight is 607 g/mol. The van der Waals surface area contributed by atoms with Gasteiger partial charge in [0.05, 0.1) is 18.8 Å². The Morgan fingerprint density at radius 1 is 0.860 bits per heavy atom. The van der Waals surface area contributed by atoms with Gasteiger partial charge in [-0.2, -0.15) is 0 Å². The largest absolute Gasteiger partial charge is 0.481 e. The number of carbonyl (C=O) groups is 3. The first-order chi connectivity index (χ1) is 20.7. The zero-order valence-electron chi connectivity index (χ0n) is 24.3. The van der Waals surface area contributed by atoms with Gasteiger partial charge in [-0.1, -0.05) is 55.5 Å². The van der Waals surface area contributed by atoms with Crippen molar-refractivity contribution in [1.82, 2.24) is 5.32 Å². The van der Waals surface area contributed by atoms with Crippen LogP contribution in [0, 0.1) is 5.92 Å². The lowest BCUT2D eigenvalue weighted by molar-refractivity contribution is -0.268. The van der Waals surface area contributed by atoms with Crippen molar-refractivity contribution in [3.05, 3.63) is 95.1 Å². The quantitative estimate of drug-likeness (QED) is 0.185. The number of carboxylic acids is 1.